The molecule has 1 N–H and O–H groups in total. The number of hydrogen-bond acceptors (Lipinski definition) is 4. The van der Waals surface area contributed by atoms with Gasteiger partial charge in [0, 0.05) is 35.0 Å². The van der Waals surface area contributed by atoms with Crippen molar-refractivity contribution in [1.82, 2.24) is 3.97 Å². The first-order valence-corrected chi connectivity index (χ1v) is 13.0. The fraction of sp³-hybridized carbons (Fsp3) is 0.125. The van der Waals surface area contributed by atoms with Gasteiger partial charge in [-0.05, 0) is 61.7 Å². The van der Waals surface area contributed by atoms with Crippen LogP contribution in [0.15, 0.2) is 80.6 Å². The van der Waals surface area contributed by atoms with Gasteiger partial charge in [0.05, 0.1) is 27.7 Å². The summed E-state index contributed by atoms with van der Waals surface area (Å²) in [6.07, 6.45) is 0.236. The number of nitrogens with zero attached hydrogens (tertiary/aromatic N) is 1. The lowest BCUT2D eigenvalue weighted by Gasteiger charge is -2.16. The maximum absolute atomic E-state index is 13.7. The molecule has 4 rings (SSSR count). The molecule has 0 atom stereocenters. The highest BCUT2D eigenvalue weighted by atomic mass is 79.9. The van der Waals surface area contributed by atoms with E-state index in [1.165, 1.54) is 18.0 Å². The Hall–Kier alpha value is -2.62. The van der Waals surface area contributed by atoms with E-state index in [0.717, 1.165) is 10.9 Å². The second kappa shape index (κ2) is 9.32. The van der Waals surface area contributed by atoms with E-state index in [4.69, 9.17) is 4.74 Å². The smallest absolute Gasteiger partial charge is 0.268 e. The van der Waals surface area contributed by atoms with Crippen LogP contribution in [0, 0.1) is 0 Å². The number of benzene rings is 3. The Morgan fingerprint density at radius 2 is 1.70 bits per heavy atom. The predicted octanol–water partition coefficient (Wildman–Crippen LogP) is 5.96. The van der Waals surface area contributed by atoms with Crippen molar-refractivity contribution in [2.75, 3.05) is 12.4 Å². The summed E-state index contributed by atoms with van der Waals surface area (Å²) in [6.45, 7) is 1.42. The SMILES string of the molecule is COc1cc(NC(C)=O)c(Cc2c(Br)c3ccccc3n2S(=O)(=O)c2ccccc2)cc1Br. The van der Waals surface area contributed by atoms with E-state index >= 15 is 0 Å². The zero-order valence-electron chi connectivity index (χ0n) is 17.8. The number of aromatic nitrogens is 1. The van der Waals surface area contributed by atoms with Crippen molar-refractivity contribution in [2.24, 2.45) is 0 Å². The fourth-order valence-electron chi connectivity index (χ4n) is 3.73. The zero-order chi connectivity index (χ0) is 23.8. The molecule has 1 heterocycles. The highest BCUT2D eigenvalue weighted by Gasteiger charge is 2.27. The lowest BCUT2D eigenvalue weighted by atomic mass is 10.1. The molecule has 1 amide bonds. The van der Waals surface area contributed by atoms with Gasteiger partial charge in [-0.2, -0.15) is 0 Å². The van der Waals surface area contributed by atoms with Crippen molar-refractivity contribution < 1.29 is 17.9 Å². The fourth-order valence-corrected chi connectivity index (χ4v) is 6.63. The van der Waals surface area contributed by atoms with Crippen LogP contribution in [0.25, 0.3) is 10.9 Å². The maximum Gasteiger partial charge on any atom is 0.268 e. The van der Waals surface area contributed by atoms with Crippen LogP contribution in [0.1, 0.15) is 18.2 Å². The first kappa shape index (κ1) is 23.5. The number of methoxy groups -OCH3 is 1. The molecule has 3 aromatic carbocycles. The van der Waals surface area contributed by atoms with Crippen molar-refractivity contribution in [1.29, 1.82) is 0 Å². The van der Waals surface area contributed by atoms with Crippen LogP contribution in [0.4, 0.5) is 5.69 Å². The highest BCUT2D eigenvalue weighted by molar-refractivity contribution is 9.11. The molecule has 6 nitrogen and oxygen atoms in total. The van der Waals surface area contributed by atoms with Crippen molar-refractivity contribution >= 4 is 64.4 Å². The second-order valence-electron chi connectivity index (χ2n) is 7.36. The quantitative estimate of drug-likeness (QED) is 0.300. The number of para-hydroxylation sites is 1. The standard InChI is InChI=1S/C24H20Br2N2O4S/c1-15(29)27-20-14-23(32-2)19(25)12-16(20)13-22-24(26)18-10-6-7-11-21(18)28(22)33(30,31)17-8-4-3-5-9-17/h3-12,14H,13H2,1-2H3,(H,27,29). The van der Waals surface area contributed by atoms with Gasteiger partial charge in [-0.1, -0.05) is 36.4 Å². The van der Waals surface area contributed by atoms with Crippen molar-refractivity contribution in [3.8, 4) is 5.75 Å². The molecule has 0 saturated heterocycles. The third-order valence-corrected chi connectivity index (χ3v) is 8.46. The van der Waals surface area contributed by atoms with Crippen LogP contribution in [0.3, 0.4) is 0 Å². The lowest BCUT2D eigenvalue weighted by Crippen LogP contribution is -2.17. The van der Waals surface area contributed by atoms with Crippen molar-refractivity contribution in [3.05, 3.63) is 86.9 Å². The number of ether oxygens (including phenoxy) is 1. The largest absolute Gasteiger partial charge is 0.495 e. The predicted molar refractivity (Wildman–Crippen MR) is 136 cm³/mol. The molecular formula is C24H20Br2N2O4S. The minimum Gasteiger partial charge on any atom is -0.495 e. The summed E-state index contributed by atoms with van der Waals surface area (Å²) in [6, 6.07) is 19.2. The summed E-state index contributed by atoms with van der Waals surface area (Å²) in [5.41, 5.74) is 2.38. The summed E-state index contributed by atoms with van der Waals surface area (Å²) in [5, 5.41) is 3.60. The molecule has 9 heteroatoms. The minimum atomic E-state index is -3.89. The Bertz CT molecular complexity index is 1470. The highest BCUT2D eigenvalue weighted by Crippen LogP contribution is 2.38. The summed E-state index contributed by atoms with van der Waals surface area (Å²) in [7, 11) is -2.35. The first-order valence-electron chi connectivity index (χ1n) is 9.96. The molecule has 0 radical (unpaired) electrons. The Kier molecular flexibility index (Phi) is 6.65. The summed E-state index contributed by atoms with van der Waals surface area (Å²) in [5.74, 6) is 0.316. The van der Waals surface area contributed by atoms with Crippen molar-refractivity contribution in [2.45, 2.75) is 18.2 Å². The first-order chi connectivity index (χ1) is 15.7. The molecule has 0 fully saturated rings. The van der Waals surface area contributed by atoms with Crippen LogP contribution in [0.5, 0.6) is 5.75 Å². The van der Waals surface area contributed by atoms with Crippen LogP contribution >= 0.6 is 31.9 Å². The van der Waals surface area contributed by atoms with Crippen molar-refractivity contribution in [3.63, 3.8) is 0 Å². The average molecular weight is 592 g/mol. The lowest BCUT2D eigenvalue weighted by molar-refractivity contribution is -0.114. The molecule has 170 valence electrons. The summed E-state index contributed by atoms with van der Waals surface area (Å²) < 4.78 is 35.6. The van der Waals surface area contributed by atoms with Gasteiger partial charge in [-0.3, -0.25) is 4.79 Å². The van der Waals surface area contributed by atoms with Crippen LogP contribution in [-0.2, 0) is 21.2 Å². The molecule has 0 aliphatic carbocycles. The van der Waals surface area contributed by atoms with Gasteiger partial charge in [0.1, 0.15) is 5.75 Å². The molecule has 0 bridgehead atoms. The molecule has 0 spiro atoms. The zero-order valence-corrected chi connectivity index (χ0v) is 21.8. The number of carbonyl (C=O) groups excluding carboxylic acids is 1. The van der Waals surface area contributed by atoms with Gasteiger partial charge in [0.25, 0.3) is 10.0 Å². The van der Waals surface area contributed by atoms with Gasteiger partial charge in [0.2, 0.25) is 5.91 Å². The number of halogens is 2. The normalized spacial score (nSPS) is 11.5. The van der Waals surface area contributed by atoms with Gasteiger partial charge in [-0.25, -0.2) is 12.4 Å². The summed E-state index contributed by atoms with van der Waals surface area (Å²) >= 11 is 7.13. The third kappa shape index (κ3) is 4.45. The minimum absolute atomic E-state index is 0.192. The van der Waals surface area contributed by atoms with E-state index < -0.39 is 10.0 Å². The van der Waals surface area contributed by atoms with Crippen LogP contribution in [-0.4, -0.2) is 25.4 Å². The van der Waals surface area contributed by atoms with Gasteiger partial charge in [0.15, 0.2) is 0 Å². The number of nitrogens with one attached hydrogen (secondary N) is 1. The molecule has 0 aliphatic rings. The summed E-state index contributed by atoms with van der Waals surface area (Å²) in [4.78, 5) is 12.0. The third-order valence-electron chi connectivity index (χ3n) is 5.19. The van der Waals surface area contributed by atoms with Gasteiger partial charge in [-0.15, -0.1) is 0 Å². The number of rotatable bonds is 6. The maximum atomic E-state index is 13.7. The number of carbonyl (C=O) groups is 1. The van der Waals surface area contributed by atoms with E-state index in [1.54, 1.807) is 42.5 Å². The van der Waals surface area contributed by atoms with Crippen LogP contribution in [0.2, 0.25) is 0 Å². The Balaban J connectivity index is 1.97. The van der Waals surface area contributed by atoms with E-state index in [0.29, 0.717) is 31.6 Å². The number of fused-ring (bicyclic) bond motifs is 1. The molecule has 1 aromatic heterocycles. The Morgan fingerprint density at radius 1 is 1.03 bits per heavy atom. The Morgan fingerprint density at radius 3 is 2.36 bits per heavy atom. The second-order valence-corrected chi connectivity index (χ2v) is 10.8. The molecule has 4 aromatic rings. The molecule has 0 saturated carbocycles. The van der Waals surface area contributed by atoms with E-state index in [9.17, 15) is 13.2 Å². The molecular weight excluding hydrogens is 572 g/mol. The topological polar surface area (TPSA) is 77.4 Å². The van der Waals surface area contributed by atoms with E-state index in [2.05, 4.69) is 37.2 Å². The molecule has 33 heavy (non-hydrogen) atoms. The van der Waals surface area contributed by atoms with E-state index in [-0.39, 0.29) is 17.2 Å². The molecule has 0 aliphatic heterocycles. The Labute approximate surface area is 208 Å². The number of amides is 1. The van der Waals surface area contributed by atoms with E-state index in [1.807, 2.05) is 24.3 Å². The van der Waals surface area contributed by atoms with Gasteiger partial charge >= 0.3 is 0 Å². The number of anilines is 1. The average Bonchev–Trinajstić information content (AvgIpc) is 3.08. The monoisotopic (exact) mass is 590 g/mol. The molecule has 0 unspecified atom stereocenters. The van der Waals surface area contributed by atoms with Gasteiger partial charge < -0.3 is 10.1 Å². The van der Waals surface area contributed by atoms with Crippen LogP contribution < -0.4 is 10.1 Å². The number of hydrogen-bond donors (Lipinski definition) is 1.